The number of ether oxygens (including phenoxy) is 1. The van der Waals surface area contributed by atoms with Crippen LogP contribution in [0.25, 0.3) is 0 Å². The zero-order chi connectivity index (χ0) is 25.4. The van der Waals surface area contributed by atoms with Gasteiger partial charge in [-0.2, -0.15) is 14.4 Å². The molecule has 35 heavy (non-hydrogen) atoms. The molecule has 3 rings (SSSR count). The van der Waals surface area contributed by atoms with Crippen LogP contribution in [0.4, 0.5) is 20.8 Å². The average molecular weight is 516 g/mol. The van der Waals surface area contributed by atoms with Crippen LogP contribution in [0, 0.1) is 17.7 Å². The lowest BCUT2D eigenvalue weighted by molar-refractivity contribution is -0.124. The lowest BCUT2D eigenvalue weighted by atomic mass is 9.92. The van der Waals surface area contributed by atoms with Crippen LogP contribution in [0.1, 0.15) is 46.0 Å². The predicted molar refractivity (Wildman–Crippen MR) is 130 cm³/mol. The van der Waals surface area contributed by atoms with Crippen LogP contribution in [-0.4, -0.2) is 76.9 Å². The third-order valence-corrected chi connectivity index (χ3v) is 6.82. The predicted octanol–water partition coefficient (Wildman–Crippen LogP) is 2.70. The standard InChI is InChI=1S/C22H35ClFN7O4/c1-22(2,31-7-9-35-10-8-31)13-26-17-16(24)18(28-20(23)27-17)29-30-19(32)15(12-25-21(33)34)11-14-5-3-4-6-14/h14-15,25H,3-13H2,1-2H3,(H,30,32)(H,33,34)(H2,26,27,28,29)/t15-/m1/s1. The van der Waals surface area contributed by atoms with Crippen LogP contribution in [0.5, 0.6) is 0 Å². The minimum atomic E-state index is -1.20. The van der Waals surface area contributed by atoms with Crippen LogP contribution < -0.4 is 21.5 Å². The summed E-state index contributed by atoms with van der Waals surface area (Å²) in [6.07, 6.45) is 3.57. The van der Waals surface area contributed by atoms with Crippen LogP contribution in [0.3, 0.4) is 0 Å². The Balaban J connectivity index is 1.62. The second-order valence-electron chi connectivity index (χ2n) is 9.65. The van der Waals surface area contributed by atoms with Crippen molar-refractivity contribution in [3.05, 3.63) is 11.1 Å². The van der Waals surface area contributed by atoms with Crippen molar-refractivity contribution in [2.45, 2.75) is 51.5 Å². The molecule has 196 valence electrons. The van der Waals surface area contributed by atoms with Gasteiger partial charge in [-0.15, -0.1) is 0 Å². The number of nitrogens with one attached hydrogen (secondary N) is 4. The smallest absolute Gasteiger partial charge is 0.404 e. The van der Waals surface area contributed by atoms with E-state index in [-0.39, 0.29) is 29.0 Å². The molecule has 2 fully saturated rings. The van der Waals surface area contributed by atoms with Crippen molar-refractivity contribution < 1.29 is 23.8 Å². The number of hydrogen-bond acceptors (Lipinski definition) is 8. The molecule has 5 N–H and O–H groups in total. The highest BCUT2D eigenvalue weighted by atomic mass is 35.5. The van der Waals surface area contributed by atoms with Gasteiger partial charge >= 0.3 is 6.09 Å². The maximum atomic E-state index is 15.1. The number of rotatable bonds is 11. The molecule has 1 aliphatic heterocycles. The Bertz CT molecular complexity index is 880. The zero-order valence-corrected chi connectivity index (χ0v) is 21.0. The van der Waals surface area contributed by atoms with Crippen molar-refractivity contribution in [3.63, 3.8) is 0 Å². The SMILES string of the molecule is CC(C)(CNc1nc(Cl)nc(NNC(=O)[C@@H](CNC(=O)O)CC2CCCC2)c1F)N1CCOCC1. The summed E-state index contributed by atoms with van der Waals surface area (Å²) in [5, 5.41) is 14.0. The largest absolute Gasteiger partial charge is 0.465 e. The maximum Gasteiger partial charge on any atom is 0.404 e. The fourth-order valence-electron chi connectivity index (χ4n) is 4.57. The van der Waals surface area contributed by atoms with E-state index in [1.165, 1.54) is 0 Å². The molecule has 2 heterocycles. The molecule has 0 spiro atoms. The highest BCUT2D eigenvalue weighted by molar-refractivity contribution is 6.28. The molecule has 1 atom stereocenters. The number of carbonyl (C=O) groups is 2. The van der Waals surface area contributed by atoms with Gasteiger partial charge in [-0.1, -0.05) is 25.7 Å². The van der Waals surface area contributed by atoms with Gasteiger partial charge in [0.25, 0.3) is 0 Å². The summed E-state index contributed by atoms with van der Waals surface area (Å²) in [5.74, 6) is -1.86. The molecule has 1 aromatic heterocycles. The highest BCUT2D eigenvalue weighted by Crippen LogP contribution is 2.30. The van der Waals surface area contributed by atoms with Gasteiger partial charge < -0.3 is 20.5 Å². The molecule has 0 bridgehead atoms. The number of carbonyl (C=O) groups excluding carboxylic acids is 1. The van der Waals surface area contributed by atoms with Crippen LogP contribution >= 0.6 is 11.6 Å². The van der Waals surface area contributed by atoms with E-state index in [0.29, 0.717) is 32.1 Å². The first-order valence-corrected chi connectivity index (χ1v) is 12.4. The molecular weight excluding hydrogens is 481 g/mol. The summed E-state index contributed by atoms with van der Waals surface area (Å²) in [6, 6.07) is 0. The molecule has 0 unspecified atom stereocenters. The molecule has 1 saturated heterocycles. The van der Waals surface area contributed by atoms with Crippen LogP contribution in [0.2, 0.25) is 5.28 Å². The van der Waals surface area contributed by atoms with E-state index in [1.54, 1.807) is 0 Å². The van der Waals surface area contributed by atoms with Crippen molar-refractivity contribution in [2.24, 2.45) is 11.8 Å². The number of carboxylic acid groups (broad SMARTS) is 1. The summed E-state index contributed by atoms with van der Waals surface area (Å²) in [4.78, 5) is 33.8. The van der Waals surface area contributed by atoms with Gasteiger partial charge in [-0.25, -0.2) is 4.79 Å². The third kappa shape index (κ3) is 8.04. The highest BCUT2D eigenvalue weighted by Gasteiger charge is 2.29. The minimum absolute atomic E-state index is 0.0320. The van der Waals surface area contributed by atoms with Gasteiger partial charge in [0.2, 0.25) is 17.0 Å². The third-order valence-electron chi connectivity index (χ3n) is 6.65. The topological polar surface area (TPSA) is 141 Å². The van der Waals surface area contributed by atoms with Crippen molar-refractivity contribution in [1.82, 2.24) is 25.6 Å². The number of halogens is 2. The Kier molecular flexibility index (Phi) is 9.70. The second kappa shape index (κ2) is 12.5. The average Bonchev–Trinajstić information content (AvgIpc) is 3.34. The first kappa shape index (κ1) is 27.2. The number of amides is 2. The Morgan fingerprint density at radius 1 is 1.23 bits per heavy atom. The fourth-order valence-corrected chi connectivity index (χ4v) is 4.73. The summed E-state index contributed by atoms with van der Waals surface area (Å²) >= 11 is 6.01. The monoisotopic (exact) mass is 515 g/mol. The molecule has 2 amide bonds. The van der Waals surface area contributed by atoms with E-state index in [0.717, 1.165) is 38.8 Å². The van der Waals surface area contributed by atoms with Gasteiger partial charge in [-0.3, -0.25) is 20.5 Å². The first-order chi connectivity index (χ1) is 16.7. The summed E-state index contributed by atoms with van der Waals surface area (Å²) < 4.78 is 20.5. The van der Waals surface area contributed by atoms with Crippen molar-refractivity contribution in [2.75, 3.05) is 50.1 Å². The van der Waals surface area contributed by atoms with Crippen molar-refractivity contribution in [3.8, 4) is 0 Å². The number of hydrogen-bond donors (Lipinski definition) is 5. The molecule has 0 radical (unpaired) electrons. The fraction of sp³-hybridized carbons (Fsp3) is 0.727. The van der Waals surface area contributed by atoms with E-state index in [2.05, 4.69) is 36.4 Å². The van der Waals surface area contributed by atoms with E-state index >= 15 is 4.39 Å². The van der Waals surface area contributed by atoms with Crippen LogP contribution in [-0.2, 0) is 9.53 Å². The number of nitrogens with zero attached hydrogens (tertiary/aromatic N) is 3. The molecular formula is C22H35ClFN7O4. The Morgan fingerprint density at radius 2 is 1.89 bits per heavy atom. The summed E-state index contributed by atoms with van der Waals surface area (Å²) in [5.41, 5.74) is 4.66. The van der Waals surface area contributed by atoms with E-state index in [1.807, 2.05) is 13.8 Å². The van der Waals surface area contributed by atoms with Crippen molar-refractivity contribution in [1.29, 1.82) is 0 Å². The molecule has 0 aromatic carbocycles. The molecule has 13 heteroatoms. The Labute approximate surface area is 209 Å². The lowest BCUT2D eigenvalue weighted by Crippen LogP contribution is -2.53. The maximum absolute atomic E-state index is 15.1. The number of morpholine rings is 1. The summed E-state index contributed by atoms with van der Waals surface area (Å²) in [6.45, 7) is 7.30. The van der Waals surface area contributed by atoms with Gasteiger partial charge in [0.1, 0.15) is 0 Å². The molecule has 1 aliphatic carbocycles. The Morgan fingerprint density at radius 3 is 2.54 bits per heavy atom. The van der Waals surface area contributed by atoms with Crippen LogP contribution in [0.15, 0.2) is 0 Å². The van der Waals surface area contributed by atoms with E-state index in [4.69, 9.17) is 21.4 Å². The quantitative estimate of drug-likeness (QED) is 0.222. The Hall–Kier alpha value is -2.44. The second-order valence-corrected chi connectivity index (χ2v) is 9.99. The van der Waals surface area contributed by atoms with Gasteiger partial charge in [0, 0.05) is 31.7 Å². The number of hydrazine groups is 1. The number of aromatic nitrogens is 2. The minimum Gasteiger partial charge on any atom is -0.465 e. The van der Waals surface area contributed by atoms with E-state index in [9.17, 15) is 9.59 Å². The molecule has 2 aliphatic rings. The zero-order valence-electron chi connectivity index (χ0n) is 20.2. The first-order valence-electron chi connectivity index (χ1n) is 12.0. The molecule has 1 saturated carbocycles. The van der Waals surface area contributed by atoms with Gasteiger partial charge in [-0.05, 0) is 37.8 Å². The lowest BCUT2D eigenvalue weighted by Gasteiger charge is -2.41. The molecule has 11 nitrogen and oxygen atoms in total. The number of anilines is 2. The van der Waals surface area contributed by atoms with Gasteiger partial charge in [0.05, 0.1) is 19.1 Å². The van der Waals surface area contributed by atoms with Crippen molar-refractivity contribution >= 4 is 35.2 Å². The summed E-state index contributed by atoms with van der Waals surface area (Å²) in [7, 11) is 0. The molecule has 1 aromatic rings. The van der Waals surface area contributed by atoms with Gasteiger partial charge in [0.15, 0.2) is 11.6 Å². The van der Waals surface area contributed by atoms with E-state index < -0.39 is 23.7 Å². The normalized spacial score (nSPS) is 18.2.